The molecule has 1 aliphatic heterocycles. The van der Waals surface area contributed by atoms with E-state index < -0.39 is 17.6 Å². The second-order valence-electron chi connectivity index (χ2n) is 11.8. The fourth-order valence-electron chi connectivity index (χ4n) is 6.00. The number of methoxy groups -OCH3 is 1. The number of anilines is 1. The van der Waals surface area contributed by atoms with Gasteiger partial charge in [0.15, 0.2) is 22.5 Å². The fourth-order valence-corrected chi connectivity index (χ4v) is 6.86. The lowest BCUT2D eigenvalue weighted by molar-refractivity contribution is -0.118. The molecule has 6 rings (SSSR count). The molecular formula is C34H31F2N3O4S. The predicted molar refractivity (Wildman–Crippen MR) is 166 cm³/mol. The van der Waals surface area contributed by atoms with Crippen molar-refractivity contribution in [2.75, 3.05) is 12.4 Å². The first-order chi connectivity index (χ1) is 21.0. The molecule has 1 atom stereocenters. The molecule has 1 amide bonds. The summed E-state index contributed by atoms with van der Waals surface area (Å²) in [5, 5.41) is 6.80. The van der Waals surface area contributed by atoms with E-state index in [1.807, 2.05) is 43.3 Å². The average molecular weight is 616 g/mol. The Labute approximate surface area is 257 Å². The Bertz CT molecular complexity index is 1840. The quantitative estimate of drug-likeness (QED) is 0.225. The van der Waals surface area contributed by atoms with E-state index in [0.717, 1.165) is 28.0 Å². The van der Waals surface area contributed by atoms with Crippen LogP contribution in [0.2, 0.25) is 0 Å². The van der Waals surface area contributed by atoms with E-state index in [4.69, 9.17) is 9.47 Å². The van der Waals surface area contributed by atoms with E-state index in [0.29, 0.717) is 51.7 Å². The lowest BCUT2D eigenvalue weighted by Crippen LogP contribution is -2.39. The van der Waals surface area contributed by atoms with Crippen LogP contribution in [-0.2, 0) is 16.2 Å². The van der Waals surface area contributed by atoms with Gasteiger partial charge >= 0.3 is 0 Å². The number of allylic oxidation sites excluding steroid dienone is 3. The molecule has 0 saturated heterocycles. The smallest absolute Gasteiger partial charge is 0.256 e. The number of benzene rings is 3. The molecule has 2 N–H and O–H groups in total. The van der Waals surface area contributed by atoms with Gasteiger partial charge in [-0.05, 0) is 60.7 Å². The number of carbonyl (C=O) groups excluding carboxylic acids is 2. The molecule has 1 aliphatic carbocycles. The summed E-state index contributed by atoms with van der Waals surface area (Å²) in [5.74, 6) is -2.24. The van der Waals surface area contributed by atoms with E-state index in [-0.39, 0.29) is 29.5 Å². The molecular weight excluding hydrogens is 584 g/mol. The number of fused-ring (bicyclic) bond motifs is 1. The molecule has 0 bridgehead atoms. The van der Waals surface area contributed by atoms with E-state index in [1.54, 1.807) is 6.07 Å². The van der Waals surface area contributed by atoms with Crippen LogP contribution in [0.15, 0.2) is 83.2 Å². The zero-order valence-electron chi connectivity index (χ0n) is 24.7. The van der Waals surface area contributed by atoms with Crippen LogP contribution < -0.4 is 20.1 Å². The number of dihydropyridines is 1. The Morgan fingerprint density at radius 3 is 2.61 bits per heavy atom. The molecule has 2 heterocycles. The van der Waals surface area contributed by atoms with Gasteiger partial charge in [0, 0.05) is 46.5 Å². The molecule has 0 radical (unpaired) electrons. The highest BCUT2D eigenvalue weighted by Crippen LogP contribution is 2.47. The summed E-state index contributed by atoms with van der Waals surface area (Å²) >= 11 is 1.37. The van der Waals surface area contributed by atoms with Gasteiger partial charge < -0.3 is 14.8 Å². The number of carbonyl (C=O) groups is 2. The Balaban J connectivity index is 1.40. The van der Waals surface area contributed by atoms with Crippen molar-refractivity contribution in [1.82, 2.24) is 10.3 Å². The number of aromatic nitrogens is 1. The SMILES string of the molecule is COc1ccc([C@H]2C(C(=O)Nc3nc4ccccc4s3)=C(C)NC3=C2C(=O)CC(C)(C)C3)cc1COc1ccc(F)cc1F. The highest BCUT2D eigenvalue weighted by molar-refractivity contribution is 7.22. The molecule has 0 fully saturated rings. The van der Waals surface area contributed by atoms with E-state index in [9.17, 15) is 18.4 Å². The number of rotatable bonds is 7. The third-order valence-electron chi connectivity index (χ3n) is 7.91. The average Bonchev–Trinajstić information content (AvgIpc) is 3.37. The maximum Gasteiger partial charge on any atom is 0.256 e. The summed E-state index contributed by atoms with van der Waals surface area (Å²) in [6.45, 7) is 5.85. The third-order valence-corrected chi connectivity index (χ3v) is 8.87. The number of amides is 1. The number of ether oxygens (including phenoxy) is 2. The number of ketones is 1. The minimum atomic E-state index is -0.823. The van der Waals surface area contributed by atoms with Crippen molar-refractivity contribution >= 4 is 38.4 Å². The first-order valence-corrected chi connectivity index (χ1v) is 15.0. The minimum Gasteiger partial charge on any atom is -0.496 e. The molecule has 44 heavy (non-hydrogen) atoms. The normalized spacial score (nSPS) is 17.8. The molecule has 0 saturated carbocycles. The zero-order chi connectivity index (χ0) is 31.2. The van der Waals surface area contributed by atoms with E-state index in [1.165, 1.54) is 24.5 Å². The molecule has 0 spiro atoms. The summed E-state index contributed by atoms with van der Waals surface area (Å²) < 4.78 is 40.0. The number of thiazole rings is 1. The Kier molecular flexibility index (Phi) is 7.71. The number of para-hydroxylation sites is 1. The van der Waals surface area contributed by atoms with Gasteiger partial charge in [-0.2, -0.15) is 0 Å². The summed E-state index contributed by atoms with van der Waals surface area (Å²) in [7, 11) is 1.51. The van der Waals surface area contributed by atoms with Crippen molar-refractivity contribution in [3.63, 3.8) is 0 Å². The van der Waals surface area contributed by atoms with Crippen LogP contribution in [0.1, 0.15) is 50.7 Å². The fraction of sp³-hybridized carbons (Fsp3) is 0.265. The van der Waals surface area contributed by atoms with Crippen LogP contribution in [-0.4, -0.2) is 23.8 Å². The van der Waals surface area contributed by atoms with Crippen molar-refractivity contribution in [2.24, 2.45) is 5.41 Å². The first-order valence-electron chi connectivity index (χ1n) is 14.2. The largest absolute Gasteiger partial charge is 0.496 e. The van der Waals surface area contributed by atoms with Crippen molar-refractivity contribution < 1.29 is 27.8 Å². The summed E-state index contributed by atoms with van der Waals surface area (Å²) in [6, 6.07) is 16.1. The van der Waals surface area contributed by atoms with Gasteiger partial charge in [0.05, 0.1) is 17.3 Å². The van der Waals surface area contributed by atoms with Crippen LogP contribution in [0.25, 0.3) is 10.2 Å². The highest BCUT2D eigenvalue weighted by atomic mass is 32.1. The number of hydrogen-bond acceptors (Lipinski definition) is 7. The van der Waals surface area contributed by atoms with Gasteiger partial charge in [0.2, 0.25) is 0 Å². The van der Waals surface area contributed by atoms with Crippen LogP contribution in [0, 0.1) is 17.0 Å². The Morgan fingerprint density at radius 1 is 1.09 bits per heavy atom. The van der Waals surface area contributed by atoms with Crippen LogP contribution >= 0.6 is 11.3 Å². The molecule has 7 nitrogen and oxygen atoms in total. The predicted octanol–water partition coefficient (Wildman–Crippen LogP) is 7.40. The van der Waals surface area contributed by atoms with E-state index in [2.05, 4.69) is 29.5 Å². The molecule has 2 aliphatic rings. The van der Waals surface area contributed by atoms with Crippen molar-refractivity contribution in [2.45, 2.75) is 46.1 Å². The second kappa shape index (κ2) is 11.5. The van der Waals surface area contributed by atoms with Gasteiger partial charge in [-0.3, -0.25) is 14.9 Å². The van der Waals surface area contributed by atoms with Gasteiger partial charge in [-0.25, -0.2) is 13.8 Å². The molecule has 10 heteroatoms. The lowest BCUT2D eigenvalue weighted by Gasteiger charge is -2.39. The monoisotopic (exact) mass is 615 g/mol. The maximum absolute atomic E-state index is 14.3. The van der Waals surface area contributed by atoms with Crippen molar-refractivity contribution in [3.05, 3.63) is 106 Å². The number of nitrogens with zero attached hydrogens (tertiary/aromatic N) is 1. The standard InChI is InChI=1S/C34H31F2N3O4S/c1-18-29(32(41)39-33-38-23-7-5-6-8-28(23)44-33)30(31-24(37-18)15-34(2,3)16-25(31)40)19-9-11-26(42-4)20(13-19)17-43-27-12-10-21(35)14-22(27)36/h5-14,30,37H,15-17H2,1-4H3,(H,38,39,41)/t30-/m0/s1. The Hall–Kier alpha value is -4.57. The van der Waals surface area contributed by atoms with Gasteiger partial charge in [-0.15, -0.1) is 0 Å². The summed E-state index contributed by atoms with van der Waals surface area (Å²) in [4.78, 5) is 32.4. The van der Waals surface area contributed by atoms with E-state index >= 15 is 0 Å². The maximum atomic E-state index is 14.3. The topological polar surface area (TPSA) is 89.5 Å². The minimum absolute atomic E-state index is 0.0338. The number of halogens is 2. The lowest BCUT2D eigenvalue weighted by atomic mass is 9.68. The van der Waals surface area contributed by atoms with Crippen LogP contribution in [0.3, 0.4) is 0 Å². The molecule has 4 aromatic rings. The third kappa shape index (κ3) is 5.69. The number of nitrogens with one attached hydrogen (secondary N) is 2. The summed E-state index contributed by atoms with van der Waals surface area (Å²) in [6.07, 6.45) is 0.983. The van der Waals surface area contributed by atoms with Gasteiger partial charge in [0.1, 0.15) is 18.2 Å². The number of Topliss-reactive ketones (excluding diaryl/α,β-unsaturated/α-hetero) is 1. The van der Waals surface area contributed by atoms with Gasteiger partial charge in [-0.1, -0.05) is 43.4 Å². The molecule has 0 unspecified atom stereocenters. The first kappa shape index (κ1) is 29.5. The highest BCUT2D eigenvalue weighted by Gasteiger charge is 2.43. The van der Waals surface area contributed by atoms with Crippen LogP contribution in [0.5, 0.6) is 11.5 Å². The Morgan fingerprint density at radius 2 is 1.86 bits per heavy atom. The summed E-state index contributed by atoms with van der Waals surface area (Å²) in [5.41, 5.74) is 4.17. The second-order valence-corrected chi connectivity index (χ2v) is 12.8. The van der Waals surface area contributed by atoms with Crippen molar-refractivity contribution in [1.29, 1.82) is 0 Å². The van der Waals surface area contributed by atoms with Crippen LogP contribution in [0.4, 0.5) is 13.9 Å². The van der Waals surface area contributed by atoms with Crippen molar-refractivity contribution in [3.8, 4) is 11.5 Å². The molecule has 226 valence electrons. The molecule has 3 aromatic carbocycles. The number of hydrogen-bond donors (Lipinski definition) is 2. The zero-order valence-corrected chi connectivity index (χ0v) is 25.5. The van der Waals surface area contributed by atoms with Gasteiger partial charge in [0.25, 0.3) is 5.91 Å². The molecule has 1 aromatic heterocycles.